The molecule has 0 radical (unpaired) electrons. The molecule has 1 heterocycles. The minimum absolute atomic E-state index is 0.497. The van der Waals surface area contributed by atoms with Crippen LogP contribution in [0.4, 0.5) is 5.95 Å². The van der Waals surface area contributed by atoms with Gasteiger partial charge >= 0.3 is 0 Å². The average molecular weight is 320 g/mol. The molecule has 0 atom stereocenters. The van der Waals surface area contributed by atoms with Crippen LogP contribution in [0.5, 0.6) is 0 Å². The molecule has 0 saturated heterocycles. The van der Waals surface area contributed by atoms with Crippen molar-refractivity contribution in [3.8, 4) is 0 Å². The summed E-state index contributed by atoms with van der Waals surface area (Å²) in [4.78, 5) is 4.34. The zero-order valence-corrected chi connectivity index (χ0v) is 12.9. The van der Waals surface area contributed by atoms with Crippen LogP contribution in [0.1, 0.15) is 12.0 Å². The lowest BCUT2D eigenvalue weighted by Gasteiger charge is -2.07. The third-order valence-corrected chi connectivity index (χ3v) is 4.23. The van der Waals surface area contributed by atoms with Gasteiger partial charge in [-0.05, 0) is 30.5 Å². The molecule has 2 N–H and O–H groups in total. The molecule has 3 nitrogen and oxygen atoms in total. The van der Waals surface area contributed by atoms with Gasteiger partial charge in [0.2, 0.25) is 5.95 Å². The van der Waals surface area contributed by atoms with Crippen molar-refractivity contribution in [2.24, 2.45) is 0 Å². The Labute approximate surface area is 133 Å². The van der Waals surface area contributed by atoms with Crippen LogP contribution in [0.2, 0.25) is 10.0 Å². The lowest BCUT2D eigenvalue weighted by Crippen LogP contribution is -2.04. The van der Waals surface area contributed by atoms with E-state index in [1.54, 1.807) is 6.07 Å². The molecule has 0 spiro atoms. The molecule has 0 unspecified atom stereocenters. The SMILES string of the molecule is Nc1nc2cc(Cl)c(Cl)cc2n1CCCc1ccccc1. The maximum Gasteiger partial charge on any atom is 0.201 e. The molecule has 0 aliphatic rings. The minimum atomic E-state index is 0.497. The molecule has 0 saturated carbocycles. The summed E-state index contributed by atoms with van der Waals surface area (Å²) < 4.78 is 1.99. The van der Waals surface area contributed by atoms with Crippen molar-refractivity contribution in [1.29, 1.82) is 0 Å². The van der Waals surface area contributed by atoms with Gasteiger partial charge < -0.3 is 10.3 Å². The predicted octanol–water partition coefficient (Wildman–Crippen LogP) is 4.56. The fraction of sp³-hybridized carbons (Fsp3) is 0.188. The summed E-state index contributed by atoms with van der Waals surface area (Å²) in [5.74, 6) is 0.497. The van der Waals surface area contributed by atoms with Crippen LogP contribution in [0, 0.1) is 0 Å². The van der Waals surface area contributed by atoms with E-state index in [0.717, 1.165) is 30.4 Å². The molecule has 0 aliphatic heterocycles. The van der Waals surface area contributed by atoms with Crippen molar-refractivity contribution in [1.82, 2.24) is 9.55 Å². The van der Waals surface area contributed by atoms with E-state index in [2.05, 4.69) is 29.2 Å². The number of nitrogens with zero attached hydrogens (tertiary/aromatic N) is 2. The van der Waals surface area contributed by atoms with E-state index in [-0.39, 0.29) is 0 Å². The minimum Gasteiger partial charge on any atom is -0.369 e. The van der Waals surface area contributed by atoms with Gasteiger partial charge in [0.05, 0.1) is 21.1 Å². The summed E-state index contributed by atoms with van der Waals surface area (Å²) in [6, 6.07) is 14.0. The second-order valence-electron chi connectivity index (χ2n) is 4.97. The number of fused-ring (bicyclic) bond motifs is 1. The fourth-order valence-corrected chi connectivity index (χ4v) is 2.78. The Hall–Kier alpha value is -1.71. The van der Waals surface area contributed by atoms with Crippen LogP contribution in [-0.2, 0) is 13.0 Å². The van der Waals surface area contributed by atoms with Crippen LogP contribution >= 0.6 is 23.2 Å². The third kappa shape index (κ3) is 2.99. The lowest BCUT2D eigenvalue weighted by atomic mass is 10.1. The van der Waals surface area contributed by atoms with E-state index < -0.39 is 0 Å². The summed E-state index contributed by atoms with van der Waals surface area (Å²) >= 11 is 12.1. The Morgan fingerprint density at radius 1 is 1.05 bits per heavy atom. The number of hydrogen-bond acceptors (Lipinski definition) is 2. The molecule has 0 bridgehead atoms. The number of nitrogens with two attached hydrogens (primary N) is 1. The van der Waals surface area contributed by atoms with Crippen molar-refractivity contribution in [2.75, 3.05) is 5.73 Å². The van der Waals surface area contributed by atoms with Crippen LogP contribution in [0.3, 0.4) is 0 Å². The highest BCUT2D eigenvalue weighted by Gasteiger charge is 2.10. The van der Waals surface area contributed by atoms with E-state index in [4.69, 9.17) is 28.9 Å². The molecule has 108 valence electrons. The van der Waals surface area contributed by atoms with Crippen LogP contribution < -0.4 is 5.73 Å². The zero-order chi connectivity index (χ0) is 14.8. The molecule has 2 aromatic carbocycles. The van der Waals surface area contributed by atoms with Gasteiger partial charge in [0.25, 0.3) is 0 Å². The highest BCUT2D eigenvalue weighted by molar-refractivity contribution is 6.42. The zero-order valence-electron chi connectivity index (χ0n) is 11.4. The lowest BCUT2D eigenvalue weighted by molar-refractivity contribution is 0.665. The van der Waals surface area contributed by atoms with Crippen molar-refractivity contribution in [3.63, 3.8) is 0 Å². The Morgan fingerprint density at radius 2 is 1.76 bits per heavy atom. The van der Waals surface area contributed by atoms with E-state index in [9.17, 15) is 0 Å². The molecule has 21 heavy (non-hydrogen) atoms. The van der Waals surface area contributed by atoms with Crippen molar-refractivity contribution in [2.45, 2.75) is 19.4 Å². The highest BCUT2D eigenvalue weighted by Crippen LogP contribution is 2.29. The molecule has 0 aliphatic carbocycles. The number of nitrogen functional groups attached to an aromatic ring is 1. The van der Waals surface area contributed by atoms with Crippen LogP contribution in [-0.4, -0.2) is 9.55 Å². The first-order valence-electron chi connectivity index (χ1n) is 6.80. The topological polar surface area (TPSA) is 43.8 Å². The molecule has 3 aromatic rings. The number of halogens is 2. The third-order valence-electron chi connectivity index (χ3n) is 3.51. The van der Waals surface area contributed by atoms with Gasteiger partial charge in [0.1, 0.15) is 0 Å². The Morgan fingerprint density at radius 3 is 2.52 bits per heavy atom. The molecule has 1 aromatic heterocycles. The number of anilines is 1. The largest absolute Gasteiger partial charge is 0.369 e. The number of hydrogen-bond donors (Lipinski definition) is 1. The molecular weight excluding hydrogens is 305 g/mol. The molecule has 5 heteroatoms. The van der Waals surface area contributed by atoms with Gasteiger partial charge in [-0.1, -0.05) is 53.5 Å². The normalized spacial score (nSPS) is 11.1. The van der Waals surface area contributed by atoms with E-state index in [1.807, 2.05) is 16.7 Å². The van der Waals surface area contributed by atoms with Gasteiger partial charge in [-0.15, -0.1) is 0 Å². The quantitative estimate of drug-likeness (QED) is 0.766. The summed E-state index contributed by atoms with van der Waals surface area (Å²) in [6.45, 7) is 0.801. The Kier molecular flexibility index (Phi) is 4.04. The number of aromatic nitrogens is 2. The summed E-state index contributed by atoms with van der Waals surface area (Å²) in [6.07, 6.45) is 1.99. The van der Waals surface area contributed by atoms with Gasteiger partial charge in [-0.3, -0.25) is 0 Å². The first kappa shape index (κ1) is 14.2. The summed E-state index contributed by atoms with van der Waals surface area (Å²) in [5, 5.41) is 1.02. The second kappa shape index (κ2) is 5.96. The van der Waals surface area contributed by atoms with Crippen LogP contribution in [0.25, 0.3) is 11.0 Å². The molecule has 0 amide bonds. The standard InChI is InChI=1S/C16H15Cl2N3/c17-12-9-14-15(10-13(12)18)21(16(19)20-14)8-4-7-11-5-2-1-3-6-11/h1-3,5-6,9-10H,4,7-8H2,(H2,19,20). The Balaban J connectivity index is 1.80. The van der Waals surface area contributed by atoms with Crippen molar-refractivity contribution >= 4 is 40.2 Å². The van der Waals surface area contributed by atoms with Gasteiger partial charge in [-0.2, -0.15) is 0 Å². The number of rotatable bonds is 4. The Bertz CT molecular complexity index is 766. The maximum absolute atomic E-state index is 6.08. The first-order valence-corrected chi connectivity index (χ1v) is 7.55. The predicted molar refractivity (Wildman–Crippen MR) is 88.9 cm³/mol. The highest BCUT2D eigenvalue weighted by atomic mass is 35.5. The number of benzene rings is 2. The second-order valence-corrected chi connectivity index (χ2v) is 5.78. The van der Waals surface area contributed by atoms with Crippen molar-refractivity contribution < 1.29 is 0 Å². The first-order chi connectivity index (χ1) is 10.1. The van der Waals surface area contributed by atoms with E-state index >= 15 is 0 Å². The number of imidazole rings is 1. The van der Waals surface area contributed by atoms with Crippen molar-refractivity contribution in [3.05, 3.63) is 58.1 Å². The van der Waals surface area contributed by atoms with Gasteiger partial charge in [0, 0.05) is 6.54 Å². The maximum atomic E-state index is 6.08. The van der Waals surface area contributed by atoms with E-state index in [1.165, 1.54) is 5.56 Å². The monoisotopic (exact) mass is 319 g/mol. The molecule has 3 rings (SSSR count). The number of aryl methyl sites for hydroxylation is 2. The van der Waals surface area contributed by atoms with E-state index in [0.29, 0.717) is 16.0 Å². The molecule has 0 fully saturated rings. The average Bonchev–Trinajstić information content (AvgIpc) is 2.76. The fourth-order valence-electron chi connectivity index (χ4n) is 2.46. The van der Waals surface area contributed by atoms with Crippen LogP contribution in [0.15, 0.2) is 42.5 Å². The summed E-state index contributed by atoms with van der Waals surface area (Å²) in [7, 11) is 0. The molecular formula is C16H15Cl2N3. The summed E-state index contributed by atoms with van der Waals surface area (Å²) in [5.41, 5.74) is 9.02. The smallest absolute Gasteiger partial charge is 0.201 e. The van der Waals surface area contributed by atoms with Gasteiger partial charge in [-0.25, -0.2) is 4.98 Å². The van der Waals surface area contributed by atoms with Gasteiger partial charge in [0.15, 0.2) is 0 Å².